The molecule has 8 heteroatoms. The van der Waals surface area contributed by atoms with Gasteiger partial charge in [0.1, 0.15) is 0 Å². The molecular weight excluding hydrogens is 294 g/mol. The molecule has 0 amide bonds. The smallest absolute Gasteiger partial charge is 0.269 e. The van der Waals surface area contributed by atoms with Crippen LogP contribution < -0.4 is 10.0 Å². The minimum atomic E-state index is -3.30. The van der Waals surface area contributed by atoms with Gasteiger partial charge in [-0.2, -0.15) is 0 Å². The largest absolute Gasteiger partial charge is 0.315 e. The Morgan fingerprint density at radius 2 is 2.05 bits per heavy atom. The molecule has 2 N–H and O–H groups in total. The SMILES string of the molecule is O=[N+]([O-])c1ccc(CCNS(=O)(=O)C2CCCNC2)cc1. The van der Waals surface area contributed by atoms with Gasteiger partial charge in [-0.15, -0.1) is 0 Å². The van der Waals surface area contributed by atoms with E-state index in [2.05, 4.69) is 10.0 Å². The number of nitrogens with one attached hydrogen (secondary N) is 2. The van der Waals surface area contributed by atoms with Crippen molar-refractivity contribution in [3.05, 3.63) is 39.9 Å². The monoisotopic (exact) mass is 313 g/mol. The number of nitrogens with zero attached hydrogens (tertiary/aromatic N) is 1. The number of rotatable bonds is 6. The van der Waals surface area contributed by atoms with Crippen LogP contribution in [0.5, 0.6) is 0 Å². The third-order valence-electron chi connectivity index (χ3n) is 3.55. The molecule has 0 radical (unpaired) electrons. The molecule has 1 unspecified atom stereocenters. The number of sulfonamides is 1. The van der Waals surface area contributed by atoms with Gasteiger partial charge >= 0.3 is 0 Å². The van der Waals surface area contributed by atoms with E-state index in [4.69, 9.17) is 0 Å². The fourth-order valence-corrected chi connectivity index (χ4v) is 3.76. The van der Waals surface area contributed by atoms with Crippen LogP contribution in [0.2, 0.25) is 0 Å². The molecule has 0 spiro atoms. The number of non-ortho nitro benzene ring substituents is 1. The van der Waals surface area contributed by atoms with Gasteiger partial charge in [0.2, 0.25) is 10.0 Å². The first-order valence-electron chi connectivity index (χ1n) is 6.91. The van der Waals surface area contributed by atoms with Crippen LogP contribution in [0.4, 0.5) is 5.69 Å². The van der Waals surface area contributed by atoms with Crippen molar-refractivity contribution in [2.75, 3.05) is 19.6 Å². The van der Waals surface area contributed by atoms with Crippen LogP contribution in [0.25, 0.3) is 0 Å². The molecule has 1 aliphatic heterocycles. The minimum absolute atomic E-state index is 0.0348. The maximum atomic E-state index is 12.1. The molecular formula is C13H19N3O4S. The second-order valence-electron chi connectivity index (χ2n) is 5.08. The molecule has 0 aliphatic carbocycles. The summed E-state index contributed by atoms with van der Waals surface area (Å²) in [6, 6.07) is 6.15. The molecule has 116 valence electrons. The molecule has 1 heterocycles. The zero-order valence-electron chi connectivity index (χ0n) is 11.6. The highest BCUT2D eigenvalue weighted by molar-refractivity contribution is 7.90. The molecule has 0 bridgehead atoms. The number of piperidine rings is 1. The van der Waals surface area contributed by atoms with E-state index in [9.17, 15) is 18.5 Å². The maximum Gasteiger partial charge on any atom is 0.269 e. The Kier molecular flexibility index (Phi) is 5.27. The first kappa shape index (κ1) is 15.9. The van der Waals surface area contributed by atoms with Crippen LogP contribution in [-0.4, -0.2) is 38.2 Å². The standard InChI is InChI=1S/C13H19N3O4S/c17-16(18)12-5-3-11(4-6-12)7-9-15-21(19,20)13-2-1-8-14-10-13/h3-6,13-15H,1-2,7-10H2. The van der Waals surface area contributed by atoms with E-state index < -0.39 is 14.9 Å². The molecule has 2 rings (SSSR count). The second kappa shape index (κ2) is 6.97. The summed E-state index contributed by atoms with van der Waals surface area (Å²) in [5.41, 5.74) is 0.901. The predicted octanol–water partition coefficient (Wildman–Crippen LogP) is 0.809. The van der Waals surface area contributed by atoms with Gasteiger partial charge in [0.25, 0.3) is 5.69 Å². The average molecular weight is 313 g/mol. The van der Waals surface area contributed by atoms with E-state index >= 15 is 0 Å². The predicted molar refractivity (Wildman–Crippen MR) is 79.6 cm³/mol. The molecule has 1 fully saturated rings. The molecule has 0 aromatic heterocycles. The summed E-state index contributed by atoms with van der Waals surface area (Å²) in [7, 11) is -3.30. The van der Waals surface area contributed by atoms with Crippen LogP contribution in [0, 0.1) is 10.1 Å². The number of hydrogen-bond acceptors (Lipinski definition) is 5. The van der Waals surface area contributed by atoms with E-state index in [1.54, 1.807) is 12.1 Å². The van der Waals surface area contributed by atoms with Gasteiger partial charge in [-0.1, -0.05) is 12.1 Å². The summed E-state index contributed by atoms with van der Waals surface area (Å²) in [5.74, 6) is 0. The van der Waals surface area contributed by atoms with Crippen molar-refractivity contribution < 1.29 is 13.3 Å². The molecule has 1 aromatic rings. The molecule has 21 heavy (non-hydrogen) atoms. The summed E-state index contributed by atoms with van der Waals surface area (Å²) in [6.07, 6.45) is 2.06. The van der Waals surface area contributed by atoms with Crippen LogP contribution >= 0.6 is 0 Å². The minimum Gasteiger partial charge on any atom is -0.315 e. The molecule has 1 saturated heterocycles. The summed E-state index contributed by atoms with van der Waals surface area (Å²) < 4.78 is 26.8. The van der Waals surface area contributed by atoms with Crippen LogP contribution in [0.1, 0.15) is 18.4 Å². The molecule has 1 aliphatic rings. The lowest BCUT2D eigenvalue weighted by molar-refractivity contribution is -0.384. The quantitative estimate of drug-likeness (QED) is 0.598. The Labute approximate surface area is 123 Å². The lowest BCUT2D eigenvalue weighted by Crippen LogP contribution is -2.44. The van der Waals surface area contributed by atoms with Crippen molar-refractivity contribution >= 4 is 15.7 Å². The Morgan fingerprint density at radius 3 is 2.62 bits per heavy atom. The molecule has 1 atom stereocenters. The summed E-state index contributed by atoms with van der Waals surface area (Å²) >= 11 is 0. The van der Waals surface area contributed by atoms with Gasteiger partial charge in [0, 0.05) is 25.2 Å². The van der Waals surface area contributed by atoms with Gasteiger partial charge in [0.15, 0.2) is 0 Å². The summed E-state index contributed by atoms with van der Waals surface area (Å²) in [5, 5.41) is 13.3. The van der Waals surface area contributed by atoms with Crippen LogP contribution in [-0.2, 0) is 16.4 Å². The van der Waals surface area contributed by atoms with Crippen molar-refractivity contribution in [3.63, 3.8) is 0 Å². The fraction of sp³-hybridized carbons (Fsp3) is 0.538. The fourth-order valence-electron chi connectivity index (χ4n) is 2.32. The van der Waals surface area contributed by atoms with E-state index in [0.717, 1.165) is 18.5 Å². The van der Waals surface area contributed by atoms with Crippen LogP contribution in [0.3, 0.4) is 0 Å². The zero-order chi connectivity index (χ0) is 15.3. The summed E-state index contributed by atoms with van der Waals surface area (Å²) in [6.45, 7) is 1.67. The number of hydrogen-bond donors (Lipinski definition) is 2. The first-order chi connectivity index (χ1) is 9.99. The highest BCUT2D eigenvalue weighted by Crippen LogP contribution is 2.13. The van der Waals surface area contributed by atoms with Gasteiger partial charge in [0.05, 0.1) is 10.2 Å². The van der Waals surface area contributed by atoms with Crippen molar-refractivity contribution in [1.29, 1.82) is 0 Å². The van der Waals surface area contributed by atoms with Crippen molar-refractivity contribution in [1.82, 2.24) is 10.0 Å². The van der Waals surface area contributed by atoms with Crippen molar-refractivity contribution in [3.8, 4) is 0 Å². The molecule has 7 nitrogen and oxygen atoms in total. The summed E-state index contributed by atoms with van der Waals surface area (Å²) in [4.78, 5) is 10.1. The normalized spacial score (nSPS) is 19.3. The van der Waals surface area contributed by atoms with Crippen molar-refractivity contribution in [2.24, 2.45) is 0 Å². The van der Waals surface area contributed by atoms with Crippen LogP contribution in [0.15, 0.2) is 24.3 Å². The Hall–Kier alpha value is -1.51. The first-order valence-corrected chi connectivity index (χ1v) is 8.46. The highest BCUT2D eigenvalue weighted by atomic mass is 32.2. The van der Waals surface area contributed by atoms with Gasteiger partial charge < -0.3 is 5.32 Å². The van der Waals surface area contributed by atoms with Gasteiger partial charge in [-0.3, -0.25) is 10.1 Å². The van der Waals surface area contributed by atoms with Gasteiger partial charge in [-0.25, -0.2) is 13.1 Å². The van der Waals surface area contributed by atoms with E-state index in [1.807, 2.05) is 0 Å². The zero-order valence-corrected chi connectivity index (χ0v) is 12.4. The topological polar surface area (TPSA) is 101 Å². The van der Waals surface area contributed by atoms with E-state index in [1.165, 1.54) is 12.1 Å². The Bertz CT molecular complexity index is 580. The number of benzene rings is 1. The highest BCUT2D eigenvalue weighted by Gasteiger charge is 2.26. The van der Waals surface area contributed by atoms with Gasteiger partial charge in [-0.05, 0) is 31.4 Å². The van der Waals surface area contributed by atoms with Crippen molar-refractivity contribution in [2.45, 2.75) is 24.5 Å². The number of nitro groups is 1. The second-order valence-corrected chi connectivity index (χ2v) is 7.13. The van der Waals surface area contributed by atoms with E-state index in [0.29, 0.717) is 25.9 Å². The molecule has 1 aromatic carbocycles. The third kappa shape index (κ3) is 4.48. The number of nitro benzene ring substituents is 1. The van der Waals surface area contributed by atoms with E-state index in [-0.39, 0.29) is 10.9 Å². The Morgan fingerprint density at radius 1 is 1.33 bits per heavy atom. The lowest BCUT2D eigenvalue weighted by atomic mass is 10.1. The maximum absolute atomic E-state index is 12.1. The third-order valence-corrected chi connectivity index (χ3v) is 5.44. The lowest BCUT2D eigenvalue weighted by Gasteiger charge is -2.23. The Balaban J connectivity index is 1.84. The average Bonchev–Trinajstić information content (AvgIpc) is 2.48. The molecule has 0 saturated carbocycles.